The molecule has 7 nitrogen and oxygen atoms in total. The van der Waals surface area contributed by atoms with Crippen molar-refractivity contribution in [3.63, 3.8) is 0 Å². The van der Waals surface area contributed by atoms with E-state index in [4.69, 9.17) is 10.7 Å². The number of hydrogen-bond acceptors (Lipinski definition) is 6. The fourth-order valence-corrected chi connectivity index (χ4v) is 4.87. The van der Waals surface area contributed by atoms with E-state index in [0.29, 0.717) is 25.7 Å². The van der Waals surface area contributed by atoms with Crippen LogP contribution in [-0.4, -0.2) is 38.6 Å². The van der Waals surface area contributed by atoms with Crippen molar-refractivity contribution in [2.75, 3.05) is 5.32 Å². The van der Waals surface area contributed by atoms with Gasteiger partial charge in [0.15, 0.2) is 5.96 Å². The molecule has 1 atom stereocenters. The Hall–Kier alpha value is -3.06. The second-order valence-corrected chi connectivity index (χ2v) is 8.68. The molecule has 3 aliphatic rings. The molecule has 0 radical (unpaired) electrons. The van der Waals surface area contributed by atoms with Gasteiger partial charge in [-0.2, -0.15) is 0 Å². The topological polar surface area (TPSA) is 111 Å². The van der Waals surface area contributed by atoms with Gasteiger partial charge in [-0.15, -0.1) is 0 Å². The van der Waals surface area contributed by atoms with Crippen LogP contribution in [0, 0.1) is 0 Å². The first kappa shape index (κ1) is 18.0. The summed E-state index contributed by atoms with van der Waals surface area (Å²) in [5.41, 5.74) is 8.91. The lowest BCUT2D eigenvalue weighted by Crippen LogP contribution is -2.62. The summed E-state index contributed by atoms with van der Waals surface area (Å²) in [5.74, 6) is 0.448. The summed E-state index contributed by atoms with van der Waals surface area (Å²) in [6.07, 6.45) is 1.99. The van der Waals surface area contributed by atoms with E-state index >= 15 is 0 Å². The molecule has 5 N–H and O–H groups in total. The number of phenols is 1. The molecule has 2 aromatic rings. The normalized spacial score (nSPS) is 30.3. The van der Waals surface area contributed by atoms with Gasteiger partial charge in [-0.05, 0) is 61.2 Å². The number of hydrogen-bond donors (Lipinski definition) is 4. The minimum Gasteiger partial charge on any atom is -0.508 e. The van der Waals surface area contributed by atoms with Crippen LogP contribution in [0.5, 0.6) is 5.75 Å². The number of carbonyl (C=O) groups is 1. The van der Waals surface area contributed by atoms with Gasteiger partial charge in [0, 0.05) is 23.8 Å². The Balaban J connectivity index is 1.41. The number of nitrogens with two attached hydrogens (primary N) is 1. The number of amides is 1. The van der Waals surface area contributed by atoms with E-state index in [1.54, 1.807) is 24.0 Å². The van der Waals surface area contributed by atoms with Crippen LogP contribution in [0.25, 0.3) is 0 Å². The molecule has 1 fully saturated rings. The Morgan fingerprint density at radius 2 is 1.90 bits per heavy atom. The molecule has 1 heterocycles. The Labute approximate surface area is 168 Å². The Bertz CT molecular complexity index is 1020. The number of benzene rings is 2. The molecule has 0 saturated heterocycles. The molecular formula is C22H24N4O3. The van der Waals surface area contributed by atoms with Crippen LogP contribution < -0.4 is 11.1 Å². The van der Waals surface area contributed by atoms with E-state index in [-0.39, 0.29) is 23.7 Å². The van der Waals surface area contributed by atoms with Crippen LogP contribution in [0.15, 0.2) is 47.5 Å². The molecule has 7 heteroatoms. The average molecular weight is 392 g/mol. The van der Waals surface area contributed by atoms with Crippen molar-refractivity contribution in [3.05, 3.63) is 53.6 Å². The lowest BCUT2D eigenvalue weighted by atomic mass is 9.67. The fourth-order valence-electron chi connectivity index (χ4n) is 4.87. The number of aliphatic imine (C=N–C) groups is 1. The molecule has 0 bridgehead atoms. The number of aromatic hydroxyl groups is 1. The Morgan fingerprint density at radius 3 is 2.55 bits per heavy atom. The number of fused-ring (bicyclic) bond motifs is 2. The highest BCUT2D eigenvalue weighted by Gasteiger charge is 2.53. The van der Waals surface area contributed by atoms with Gasteiger partial charge in [-0.25, -0.2) is 4.99 Å². The number of aliphatic hydroxyl groups is 1. The van der Waals surface area contributed by atoms with Gasteiger partial charge in [-0.1, -0.05) is 12.1 Å². The van der Waals surface area contributed by atoms with Crippen LogP contribution in [0.3, 0.4) is 0 Å². The molecule has 2 aliphatic carbocycles. The third-order valence-corrected chi connectivity index (χ3v) is 6.30. The number of anilines is 2. The highest BCUT2D eigenvalue weighted by Crippen LogP contribution is 2.51. The van der Waals surface area contributed by atoms with Crippen molar-refractivity contribution in [2.45, 2.75) is 49.8 Å². The largest absolute Gasteiger partial charge is 0.508 e. The maximum Gasteiger partial charge on any atom is 0.232 e. The van der Waals surface area contributed by atoms with Gasteiger partial charge in [0.25, 0.3) is 0 Å². The molecule has 5 rings (SSSR count). The lowest BCUT2D eigenvalue weighted by molar-refractivity contribution is -0.139. The molecule has 150 valence electrons. The second kappa shape index (κ2) is 5.97. The van der Waals surface area contributed by atoms with Gasteiger partial charge in [0.2, 0.25) is 5.91 Å². The summed E-state index contributed by atoms with van der Waals surface area (Å²) in [6, 6.07) is 12.8. The third kappa shape index (κ3) is 2.84. The van der Waals surface area contributed by atoms with Crippen molar-refractivity contribution in [2.24, 2.45) is 10.7 Å². The van der Waals surface area contributed by atoms with E-state index in [9.17, 15) is 15.0 Å². The number of nitrogens with zero attached hydrogens (tertiary/aromatic N) is 2. The van der Waals surface area contributed by atoms with Gasteiger partial charge in [0.05, 0.1) is 12.0 Å². The first-order chi connectivity index (χ1) is 13.8. The van der Waals surface area contributed by atoms with E-state index in [0.717, 1.165) is 22.5 Å². The van der Waals surface area contributed by atoms with Crippen molar-refractivity contribution in [1.82, 2.24) is 4.90 Å². The molecule has 2 aromatic carbocycles. The highest BCUT2D eigenvalue weighted by molar-refractivity contribution is 6.00. The molecule has 1 spiro atoms. The smallest absolute Gasteiger partial charge is 0.232 e. The van der Waals surface area contributed by atoms with Gasteiger partial charge < -0.3 is 21.3 Å². The van der Waals surface area contributed by atoms with E-state index in [1.807, 2.05) is 30.3 Å². The molecule has 0 unspecified atom stereocenters. The van der Waals surface area contributed by atoms with E-state index in [1.165, 1.54) is 0 Å². The summed E-state index contributed by atoms with van der Waals surface area (Å²) in [4.78, 5) is 19.2. The minimum absolute atomic E-state index is 0.0273. The van der Waals surface area contributed by atoms with Crippen molar-refractivity contribution in [3.8, 4) is 5.75 Å². The van der Waals surface area contributed by atoms with Crippen LogP contribution >= 0.6 is 0 Å². The van der Waals surface area contributed by atoms with Crippen molar-refractivity contribution < 1.29 is 15.0 Å². The van der Waals surface area contributed by atoms with Crippen LogP contribution in [-0.2, 0) is 16.8 Å². The molecule has 29 heavy (non-hydrogen) atoms. The number of carbonyl (C=O) groups excluding carboxylic acids is 1. The van der Waals surface area contributed by atoms with Crippen LogP contribution in [0.1, 0.15) is 37.3 Å². The molecule has 1 amide bonds. The zero-order valence-electron chi connectivity index (χ0n) is 16.2. The average Bonchev–Trinajstić information content (AvgIpc) is 2.62. The summed E-state index contributed by atoms with van der Waals surface area (Å²) in [5, 5.41) is 22.8. The van der Waals surface area contributed by atoms with Crippen LogP contribution in [0.2, 0.25) is 0 Å². The maximum atomic E-state index is 12.9. The number of phenolic OH excluding ortho intramolecular Hbond substituents is 1. The monoisotopic (exact) mass is 392 g/mol. The predicted octanol–water partition coefficient (Wildman–Crippen LogP) is 2.35. The molecular weight excluding hydrogens is 368 g/mol. The Kier molecular flexibility index (Phi) is 3.70. The number of rotatable bonds is 3. The predicted molar refractivity (Wildman–Crippen MR) is 110 cm³/mol. The maximum absolute atomic E-state index is 12.9. The Morgan fingerprint density at radius 1 is 1.17 bits per heavy atom. The van der Waals surface area contributed by atoms with Gasteiger partial charge >= 0.3 is 0 Å². The van der Waals surface area contributed by atoms with Crippen molar-refractivity contribution >= 4 is 23.2 Å². The standard InChI is InChI=1S/C22H24N4O3/c1-21(29)9-14(10-21)26-19(28)12-22(25-20(26)23)11-16-17(22)3-2-4-18(16)24-13-5-7-15(27)8-6-13/h2-8,14,24,27,29H,9-12H2,1H3,(H2,23,25)/t14?,21?,22-/m0/s1. The lowest BCUT2D eigenvalue weighted by Gasteiger charge is -2.51. The second-order valence-electron chi connectivity index (χ2n) is 8.68. The first-order valence-electron chi connectivity index (χ1n) is 9.85. The minimum atomic E-state index is -0.724. The van der Waals surface area contributed by atoms with E-state index in [2.05, 4.69) is 5.32 Å². The zero-order chi connectivity index (χ0) is 20.4. The summed E-state index contributed by atoms with van der Waals surface area (Å²) >= 11 is 0. The van der Waals surface area contributed by atoms with Gasteiger partial charge in [-0.3, -0.25) is 9.69 Å². The summed E-state index contributed by atoms with van der Waals surface area (Å²) < 4.78 is 0. The number of nitrogens with one attached hydrogen (secondary N) is 1. The van der Waals surface area contributed by atoms with Crippen molar-refractivity contribution in [1.29, 1.82) is 0 Å². The SMILES string of the molecule is CC1(O)CC(N2C(=O)C[C@]3(Cc4c(Nc5ccc(O)cc5)cccc43)N=C2N)C1. The zero-order valence-corrected chi connectivity index (χ0v) is 16.2. The fraction of sp³-hybridized carbons (Fsp3) is 0.364. The van der Waals surface area contributed by atoms with Crippen LogP contribution in [0.4, 0.5) is 11.4 Å². The molecule has 1 aliphatic heterocycles. The summed E-state index contributed by atoms with van der Waals surface area (Å²) in [7, 11) is 0. The highest BCUT2D eigenvalue weighted by atomic mass is 16.3. The number of guanidine groups is 1. The quantitative estimate of drug-likeness (QED) is 0.599. The first-order valence-corrected chi connectivity index (χ1v) is 9.85. The van der Waals surface area contributed by atoms with E-state index < -0.39 is 11.1 Å². The summed E-state index contributed by atoms with van der Waals surface area (Å²) in [6.45, 7) is 1.78. The molecule has 1 saturated carbocycles. The third-order valence-electron chi connectivity index (χ3n) is 6.30. The molecule has 0 aromatic heterocycles. The van der Waals surface area contributed by atoms with Gasteiger partial charge in [0.1, 0.15) is 11.3 Å².